The van der Waals surface area contributed by atoms with Crippen molar-refractivity contribution in [3.8, 4) is 0 Å². The molecule has 1 aromatic rings. The van der Waals surface area contributed by atoms with Gasteiger partial charge in [0.15, 0.2) is 0 Å². The van der Waals surface area contributed by atoms with E-state index in [0.717, 1.165) is 18.5 Å². The molecule has 0 saturated heterocycles. The first kappa shape index (κ1) is 16.1. The Morgan fingerprint density at radius 2 is 2.16 bits per heavy atom. The summed E-state index contributed by atoms with van der Waals surface area (Å²) in [7, 11) is 0. The van der Waals surface area contributed by atoms with Crippen LogP contribution in [0.3, 0.4) is 0 Å². The highest BCUT2D eigenvalue weighted by Gasteiger charge is 2.30. The van der Waals surface area contributed by atoms with Crippen LogP contribution >= 0.6 is 0 Å². The van der Waals surface area contributed by atoms with Gasteiger partial charge in [-0.1, -0.05) is 6.92 Å². The van der Waals surface area contributed by atoms with E-state index in [-0.39, 0.29) is 11.6 Å². The third-order valence-electron chi connectivity index (χ3n) is 3.68. The van der Waals surface area contributed by atoms with Gasteiger partial charge in [-0.05, 0) is 40.2 Å². The molecule has 1 rings (SSSR count). The molecule has 0 bridgehead atoms. The molecule has 0 aliphatic rings. The van der Waals surface area contributed by atoms with Gasteiger partial charge in [0.1, 0.15) is 0 Å². The Morgan fingerprint density at radius 3 is 2.68 bits per heavy atom. The van der Waals surface area contributed by atoms with Crippen LogP contribution in [0.5, 0.6) is 0 Å². The van der Waals surface area contributed by atoms with Crippen molar-refractivity contribution in [2.75, 3.05) is 6.61 Å². The second kappa shape index (κ2) is 7.03. The van der Waals surface area contributed by atoms with Crippen molar-refractivity contribution in [1.82, 2.24) is 15.2 Å². The molecule has 0 spiro atoms. The average molecular weight is 268 g/mol. The van der Waals surface area contributed by atoms with Crippen molar-refractivity contribution in [3.05, 3.63) is 18.0 Å². The van der Waals surface area contributed by atoms with Gasteiger partial charge in [0.2, 0.25) is 0 Å². The van der Waals surface area contributed by atoms with Gasteiger partial charge >= 0.3 is 0 Å². The Bertz CT molecular complexity index is 375. The van der Waals surface area contributed by atoms with E-state index in [1.54, 1.807) is 0 Å². The summed E-state index contributed by atoms with van der Waals surface area (Å²) in [5, 5.41) is 4.61. The lowest BCUT2D eigenvalue weighted by Crippen LogP contribution is -2.52. The summed E-state index contributed by atoms with van der Waals surface area (Å²) < 4.78 is 7.76. The molecule has 19 heavy (non-hydrogen) atoms. The lowest BCUT2D eigenvalue weighted by atomic mass is 9.95. The molecule has 2 atom stereocenters. The fourth-order valence-corrected chi connectivity index (χ4v) is 2.11. The second-order valence-corrected chi connectivity index (χ2v) is 5.50. The minimum absolute atomic E-state index is 0.0349. The Balaban J connectivity index is 2.73. The summed E-state index contributed by atoms with van der Waals surface area (Å²) in [5.74, 6) is 5.67. The molecule has 2 unspecified atom stereocenters. The van der Waals surface area contributed by atoms with E-state index in [2.05, 4.69) is 30.4 Å². The van der Waals surface area contributed by atoms with Crippen molar-refractivity contribution in [1.29, 1.82) is 0 Å². The SMILES string of the molecule is CCOC(C)(C)C(Cc1ccn(C(C)CC)n1)NN. The summed E-state index contributed by atoms with van der Waals surface area (Å²) in [6.07, 6.45) is 3.86. The summed E-state index contributed by atoms with van der Waals surface area (Å²) in [5.41, 5.74) is 3.58. The zero-order chi connectivity index (χ0) is 14.5. The number of hydrazine groups is 1. The van der Waals surface area contributed by atoms with Crippen LogP contribution in [0.15, 0.2) is 12.3 Å². The minimum Gasteiger partial charge on any atom is -0.374 e. The Morgan fingerprint density at radius 1 is 1.47 bits per heavy atom. The van der Waals surface area contributed by atoms with Gasteiger partial charge < -0.3 is 4.74 Å². The molecule has 0 saturated carbocycles. The number of ether oxygens (including phenoxy) is 1. The number of aromatic nitrogens is 2. The zero-order valence-corrected chi connectivity index (χ0v) is 12.8. The van der Waals surface area contributed by atoms with E-state index in [9.17, 15) is 0 Å². The fraction of sp³-hybridized carbons (Fsp3) is 0.786. The van der Waals surface area contributed by atoms with Crippen LogP contribution in [-0.4, -0.2) is 28.0 Å². The molecule has 1 aromatic heterocycles. The third-order valence-corrected chi connectivity index (χ3v) is 3.68. The first-order chi connectivity index (χ1) is 8.94. The number of nitrogens with one attached hydrogen (secondary N) is 1. The molecular formula is C14H28N4O. The van der Waals surface area contributed by atoms with Gasteiger partial charge in [0.05, 0.1) is 17.3 Å². The number of nitrogens with zero attached hydrogens (tertiary/aromatic N) is 2. The lowest BCUT2D eigenvalue weighted by molar-refractivity contribution is -0.0383. The fourth-order valence-electron chi connectivity index (χ4n) is 2.11. The van der Waals surface area contributed by atoms with Gasteiger partial charge in [0.25, 0.3) is 0 Å². The molecule has 0 aliphatic carbocycles. The van der Waals surface area contributed by atoms with E-state index in [0.29, 0.717) is 12.6 Å². The number of rotatable bonds is 8. The van der Waals surface area contributed by atoms with Gasteiger partial charge in [-0.25, -0.2) is 0 Å². The largest absolute Gasteiger partial charge is 0.374 e. The first-order valence-electron chi connectivity index (χ1n) is 7.08. The summed E-state index contributed by atoms with van der Waals surface area (Å²) in [6, 6.07) is 2.52. The van der Waals surface area contributed by atoms with Gasteiger partial charge in [-0.3, -0.25) is 16.0 Å². The smallest absolute Gasteiger partial charge is 0.0795 e. The quantitative estimate of drug-likeness (QED) is 0.559. The van der Waals surface area contributed by atoms with E-state index >= 15 is 0 Å². The van der Waals surface area contributed by atoms with Crippen LogP contribution in [-0.2, 0) is 11.2 Å². The predicted molar refractivity (Wildman–Crippen MR) is 77.7 cm³/mol. The maximum atomic E-state index is 5.75. The van der Waals surface area contributed by atoms with Crippen molar-refractivity contribution < 1.29 is 4.74 Å². The standard InChI is InChI=1S/C14H28N4O/c1-6-11(3)18-9-8-12(17-18)10-13(16-15)14(4,5)19-7-2/h8-9,11,13,16H,6-7,10,15H2,1-5H3. The van der Waals surface area contributed by atoms with Gasteiger partial charge in [0, 0.05) is 25.3 Å². The maximum Gasteiger partial charge on any atom is 0.0795 e. The molecule has 5 nitrogen and oxygen atoms in total. The van der Waals surface area contributed by atoms with Crippen molar-refractivity contribution >= 4 is 0 Å². The van der Waals surface area contributed by atoms with Crippen LogP contribution in [0.1, 0.15) is 52.8 Å². The first-order valence-corrected chi connectivity index (χ1v) is 7.08. The van der Waals surface area contributed by atoms with Crippen molar-refractivity contribution in [2.45, 2.75) is 65.1 Å². The van der Waals surface area contributed by atoms with E-state index in [1.807, 2.05) is 31.6 Å². The average Bonchev–Trinajstić information content (AvgIpc) is 2.83. The minimum atomic E-state index is -0.316. The Hall–Kier alpha value is -0.910. The van der Waals surface area contributed by atoms with Crippen LogP contribution in [0.2, 0.25) is 0 Å². The molecular weight excluding hydrogens is 240 g/mol. The van der Waals surface area contributed by atoms with Crippen LogP contribution < -0.4 is 11.3 Å². The van der Waals surface area contributed by atoms with Crippen LogP contribution in [0, 0.1) is 0 Å². The Kier molecular flexibility index (Phi) is 5.97. The monoisotopic (exact) mass is 268 g/mol. The summed E-state index contributed by atoms with van der Waals surface area (Å²) >= 11 is 0. The maximum absolute atomic E-state index is 5.75. The van der Waals surface area contributed by atoms with E-state index < -0.39 is 0 Å². The summed E-state index contributed by atoms with van der Waals surface area (Å²) in [4.78, 5) is 0. The Labute approximate surface area is 116 Å². The van der Waals surface area contributed by atoms with Crippen LogP contribution in [0.4, 0.5) is 0 Å². The second-order valence-electron chi connectivity index (χ2n) is 5.50. The zero-order valence-electron chi connectivity index (χ0n) is 12.8. The molecule has 0 fully saturated rings. The van der Waals surface area contributed by atoms with E-state index in [4.69, 9.17) is 10.6 Å². The molecule has 1 heterocycles. The van der Waals surface area contributed by atoms with E-state index in [1.165, 1.54) is 0 Å². The molecule has 0 amide bonds. The topological polar surface area (TPSA) is 65.1 Å². The molecule has 0 aromatic carbocycles. The number of nitrogens with two attached hydrogens (primary N) is 1. The van der Waals surface area contributed by atoms with Crippen LogP contribution in [0.25, 0.3) is 0 Å². The van der Waals surface area contributed by atoms with Gasteiger partial charge in [-0.15, -0.1) is 0 Å². The highest BCUT2D eigenvalue weighted by molar-refractivity contribution is 5.04. The molecule has 5 heteroatoms. The predicted octanol–water partition coefficient (Wildman–Crippen LogP) is 2.04. The summed E-state index contributed by atoms with van der Waals surface area (Å²) in [6.45, 7) is 11.1. The molecule has 0 aliphatic heterocycles. The molecule has 110 valence electrons. The lowest BCUT2D eigenvalue weighted by Gasteiger charge is -2.33. The number of hydrogen-bond acceptors (Lipinski definition) is 4. The molecule has 0 radical (unpaired) electrons. The highest BCUT2D eigenvalue weighted by Crippen LogP contribution is 2.18. The molecule has 3 N–H and O–H groups in total. The third kappa shape index (κ3) is 4.30. The van der Waals surface area contributed by atoms with Crippen molar-refractivity contribution in [2.24, 2.45) is 5.84 Å². The van der Waals surface area contributed by atoms with Crippen molar-refractivity contribution in [3.63, 3.8) is 0 Å². The normalized spacial score (nSPS) is 15.5. The number of hydrogen-bond donors (Lipinski definition) is 2. The van der Waals surface area contributed by atoms with Gasteiger partial charge in [-0.2, -0.15) is 5.10 Å². The highest BCUT2D eigenvalue weighted by atomic mass is 16.5.